The first kappa shape index (κ1) is 17.1. The summed E-state index contributed by atoms with van der Waals surface area (Å²) in [6, 6.07) is 15.4. The normalized spacial score (nSPS) is 12.9. The number of hydrogen-bond donors (Lipinski definition) is 2. The van der Waals surface area contributed by atoms with Gasteiger partial charge in [-0.1, -0.05) is 24.3 Å². The van der Waals surface area contributed by atoms with Crippen molar-refractivity contribution >= 4 is 28.2 Å². The quantitative estimate of drug-likeness (QED) is 0.750. The third-order valence-corrected chi connectivity index (χ3v) is 4.99. The third kappa shape index (κ3) is 3.51. The second kappa shape index (κ2) is 7.15. The van der Waals surface area contributed by atoms with Crippen LogP contribution in [0.5, 0.6) is 0 Å². The highest BCUT2D eigenvalue weighted by molar-refractivity contribution is 5.93. The van der Waals surface area contributed by atoms with E-state index in [1.165, 1.54) is 15.8 Å². The van der Waals surface area contributed by atoms with Gasteiger partial charge in [-0.15, -0.1) is 0 Å². The second-order valence-electron chi connectivity index (χ2n) is 6.78. The Morgan fingerprint density at radius 3 is 2.89 bits per heavy atom. The van der Waals surface area contributed by atoms with Gasteiger partial charge in [0, 0.05) is 49.6 Å². The summed E-state index contributed by atoms with van der Waals surface area (Å²) in [4.78, 5) is 26.7. The molecule has 2 heterocycles. The Labute approximate surface area is 157 Å². The molecular formula is C21H22N4O2. The maximum Gasteiger partial charge on any atom is 0.319 e. The summed E-state index contributed by atoms with van der Waals surface area (Å²) in [5, 5.41) is 7.14. The molecule has 0 unspecified atom stereocenters. The lowest BCUT2D eigenvalue weighted by Crippen LogP contribution is -2.36. The Bertz CT molecular complexity index is 1060. The van der Waals surface area contributed by atoms with Crippen molar-refractivity contribution < 1.29 is 4.79 Å². The van der Waals surface area contributed by atoms with Crippen LogP contribution >= 0.6 is 0 Å². The molecule has 138 valence electrons. The molecule has 0 saturated carbocycles. The van der Waals surface area contributed by atoms with E-state index in [0.29, 0.717) is 17.6 Å². The average molecular weight is 362 g/mol. The molecule has 6 heteroatoms. The fraction of sp³-hybridized carbons (Fsp3) is 0.238. The first-order chi connectivity index (χ1) is 13.1. The Balaban J connectivity index is 1.35. The molecule has 0 saturated heterocycles. The maximum absolute atomic E-state index is 12.2. The Kier molecular flexibility index (Phi) is 4.54. The predicted molar refractivity (Wildman–Crippen MR) is 109 cm³/mol. The number of aromatic nitrogens is 1. The molecule has 1 aromatic heterocycles. The number of fused-ring (bicyclic) bond motifs is 2. The smallest absolute Gasteiger partial charge is 0.319 e. The number of nitrogens with zero attached hydrogens (tertiary/aromatic N) is 2. The topological polar surface area (TPSA) is 66.4 Å². The highest BCUT2D eigenvalue weighted by Gasteiger charge is 2.17. The zero-order valence-electron chi connectivity index (χ0n) is 15.2. The molecule has 0 atom stereocenters. The van der Waals surface area contributed by atoms with Gasteiger partial charge in [0.25, 0.3) is 5.56 Å². The summed E-state index contributed by atoms with van der Waals surface area (Å²) in [7, 11) is 1.71. The number of carbonyl (C=O) groups is 1. The molecule has 4 rings (SSSR count). The van der Waals surface area contributed by atoms with E-state index in [2.05, 4.69) is 33.7 Å². The van der Waals surface area contributed by atoms with Crippen molar-refractivity contribution in [2.24, 2.45) is 7.05 Å². The monoisotopic (exact) mass is 362 g/mol. The van der Waals surface area contributed by atoms with Gasteiger partial charge in [0.1, 0.15) is 0 Å². The minimum atomic E-state index is -0.269. The zero-order valence-corrected chi connectivity index (χ0v) is 15.2. The molecule has 2 N–H and O–H groups in total. The summed E-state index contributed by atoms with van der Waals surface area (Å²) >= 11 is 0. The van der Waals surface area contributed by atoms with Crippen LogP contribution < -0.4 is 21.1 Å². The molecule has 6 nitrogen and oxygen atoms in total. The first-order valence-electron chi connectivity index (χ1n) is 9.09. The highest BCUT2D eigenvalue weighted by atomic mass is 16.2. The molecule has 0 radical (unpaired) electrons. The SMILES string of the molecule is Cn1ccc2ccc(NC(=O)NCCN3CCc4ccccc43)cc2c1=O. The molecule has 0 fully saturated rings. The van der Waals surface area contributed by atoms with E-state index in [1.54, 1.807) is 25.4 Å². The zero-order chi connectivity index (χ0) is 18.8. The van der Waals surface area contributed by atoms with Gasteiger partial charge in [-0.25, -0.2) is 4.79 Å². The van der Waals surface area contributed by atoms with Crippen LogP contribution in [-0.2, 0) is 13.5 Å². The number of urea groups is 1. The lowest BCUT2D eigenvalue weighted by molar-refractivity contribution is 0.252. The molecule has 1 aliphatic heterocycles. The van der Waals surface area contributed by atoms with E-state index < -0.39 is 0 Å². The van der Waals surface area contributed by atoms with Crippen LogP contribution in [-0.4, -0.2) is 30.2 Å². The van der Waals surface area contributed by atoms with Crippen molar-refractivity contribution in [3.05, 3.63) is 70.6 Å². The lowest BCUT2D eigenvalue weighted by Gasteiger charge is -2.19. The highest BCUT2D eigenvalue weighted by Crippen LogP contribution is 2.26. The van der Waals surface area contributed by atoms with E-state index in [-0.39, 0.29) is 11.6 Å². The first-order valence-corrected chi connectivity index (χ1v) is 9.09. The minimum absolute atomic E-state index is 0.0794. The van der Waals surface area contributed by atoms with Crippen LogP contribution in [0.1, 0.15) is 5.56 Å². The third-order valence-electron chi connectivity index (χ3n) is 4.99. The van der Waals surface area contributed by atoms with Gasteiger partial charge in [0.2, 0.25) is 0 Å². The number of benzene rings is 2. The molecule has 2 aromatic carbocycles. The molecule has 2 amide bonds. The van der Waals surface area contributed by atoms with Gasteiger partial charge in [-0.3, -0.25) is 4.79 Å². The van der Waals surface area contributed by atoms with Crippen molar-refractivity contribution in [2.75, 3.05) is 29.9 Å². The van der Waals surface area contributed by atoms with Crippen molar-refractivity contribution in [1.29, 1.82) is 0 Å². The summed E-state index contributed by atoms with van der Waals surface area (Å²) < 4.78 is 1.53. The number of pyridine rings is 1. The molecule has 0 spiro atoms. The molecule has 0 bridgehead atoms. The van der Waals surface area contributed by atoms with Crippen molar-refractivity contribution in [2.45, 2.75) is 6.42 Å². The van der Waals surface area contributed by atoms with Crippen LogP contribution in [0.15, 0.2) is 59.5 Å². The molecule has 1 aliphatic rings. The minimum Gasteiger partial charge on any atom is -0.369 e. The van der Waals surface area contributed by atoms with Gasteiger partial charge in [-0.2, -0.15) is 0 Å². The number of hydrogen-bond acceptors (Lipinski definition) is 3. The van der Waals surface area contributed by atoms with Crippen LogP contribution in [0.2, 0.25) is 0 Å². The van der Waals surface area contributed by atoms with Crippen LogP contribution in [0, 0.1) is 0 Å². The van der Waals surface area contributed by atoms with Gasteiger partial charge in [0.05, 0.1) is 0 Å². The number of nitrogens with one attached hydrogen (secondary N) is 2. The van der Waals surface area contributed by atoms with E-state index >= 15 is 0 Å². The number of anilines is 2. The van der Waals surface area contributed by atoms with Gasteiger partial charge < -0.3 is 20.1 Å². The Morgan fingerprint density at radius 1 is 1.15 bits per heavy atom. The van der Waals surface area contributed by atoms with Gasteiger partial charge in [0.15, 0.2) is 0 Å². The number of rotatable bonds is 4. The maximum atomic E-state index is 12.2. The fourth-order valence-corrected chi connectivity index (χ4v) is 3.53. The number of carbonyl (C=O) groups excluding carboxylic acids is 1. The van der Waals surface area contributed by atoms with E-state index in [1.807, 2.05) is 18.2 Å². The number of aryl methyl sites for hydroxylation is 1. The number of amides is 2. The fourth-order valence-electron chi connectivity index (χ4n) is 3.53. The second-order valence-corrected chi connectivity index (χ2v) is 6.78. The summed E-state index contributed by atoms with van der Waals surface area (Å²) in [6.45, 7) is 2.30. The van der Waals surface area contributed by atoms with E-state index in [4.69, 9.17) is 0 Å². The van der Waals surface area contributed by atoms with Crippen molar-refractivity contribution in [3.8, 4) is 0 Å². The molecule has 27 heavy (non-hydrogen) atoms. The molecule has 0 aliphatic carbocycles. The van der Waals surface area contributed by atoms with Gasteiger partial charge in [-0.05, 0) is 41.6 Å². The predicted octanol–water partition coefficient (Wildman–Crippen LogP) is 2.72. The summed E-state index contributed by atoms with van der Waals surface area (Å²) in [5.74, 6) is 0. The summed E-state index contributed by atoms with van der Waals surface area (Å²) in [6.07, 6.45) is 2.79. The molecule has 3 aromatic rings. The average Bonchev–Trinajstić information content (AvgIpc) is 3.08. The number of para-hydroxylation sites is 1. The van der Waals surface area contributed by atoms with Crippen LogP contribution in [0.3, 0.4) is 0 Å². The van der Waals surface area contributed by atoms with Crippen molar-refractivity contribution in [1.82, 2.24) is 9.88 Å². The van der Waals surface area contributed by atoms with Crippen LogP contribution in [0.4, 0.5) is 16.2 Å². The Hall–Kier alpha value is -3.28. The van der Waals surface area contributed by atoms with E-state index in [9.17, 15) is 9.59 Å². The van der Waals surface area contributed by atoms with Gasteiger partial charge >= 0.3 is 6.03 Å². The van der Waals surface area contributed by atoms with Crippen LogP contribution in [0.25, 0.3) is 10.8 Å². The Morgan fingerprint density at radius 2 is 2.00 bits per heavy atom. The largest absolute Gasteiger partial charge is 0.369 e. The van der Waals surface area contributed by atoms with Crippen molar-refractivity contribution in [3.63, 3.8) is 0 Å². The van der Waals surface area contributed by atoms with E-state index in [0.717, 1.165) is 24.9 Å². The molecular weight excluding hydrogens is 340 g/mol. The lowest BCUT2D eigenvalue weighted by atomic mass is 10.1. The summed E-state index contributed by atoms with van der Waals surface area (Å²) in [5.41, 5.74) is 3.14. The standard InChI is InChI=1S/C21H22N4O2/c1-24-11-8-15-6-7-17(14-18(15)20(24)26)23-21(27)22-10-13-25-12-9-16-4-2-3-5-19(16)25/h2-8,11,14H,9-10,12-13H2,1H3,(H2,22,23,27).